The molecule has 2 heterocycles. The van der Waals surface area contributed by atoms with Crippen LogP contribution in [0.15, 0.2) is 36.7 Å². The molecule has 132 valence electrons. The third kappa shape index (κ3) is 4.54. The summed E-state index contributed by atoms with van der Waals surface area (Å²) in [4.78, 5) is 22.9. The molecule has 6 nitrogen and oxygen atoms in total. The van der Waals surface area contributed by atoms with Gasteiger partial charge in [-0.05, 0) is 18.6 Å². The van der Waals surface area contributed by atoms with Gasteiger partial charge >= 0.3 is 0 Å². The molecule has 1 aliphatic heterocycles. The molecule has 0 bridgehead atoms. The van der Waals surface area contributed by atoms with Gasteiger partial charge in [-0.2, -0.15) is 0 Å². The topological polar surface area (TPSA) is 67.4 Å². The summed E-state index contributed by atoms with van der Waals surface area (Å²) in [5.74, 6) is -0.238. The molecule has 25 heavy (non-hydrogen) atoms. The Morgan fingerprint density at radius 3 is 2.72 bits per heavy atom. The second kappa shape index (κ2) is 8.38. The zero-order valence-electron chi connectivity index (χ0n) is 14.1. The van der Waals surface area contributed by atoms with Gasteiger partial charge in [0.15, 0.2) is 0 Å². The highest BCUT2D eigenvalue weighted by Crippen LogP contribution is 2.27. The van der Waals surface area contributed by atoms with Gasteiger partial charge in [0.1, 0.15) is 5.69 Å². The zero-order chi connectivity index (χ0) is 17.6. The lowest BCUT2D eigenvalue weighted by Crippen LogP contribution is -2.44. The molecular formula is C18H21ClN4O2. The van der Waals surface area contributed by atoms with E-state index < -0.39 is 0 Å². The standard InChI is InChI=1S/C18H21ClN4O2/c1-13-10-21-16(11-20-13)18(24)22-12-17(23-6-8-25-9-7-23)14-4-2-3-5-15(14)19/h2-5,10-11,17H,6-9,12H2,1H3,(H,22,24)/t17-/m1/s1. The molecule has 0 radical (unpaired) electrons. The van der Waals surface area contributed by atoms with Crippen molar-refractivity contribution in [2.45, 2.75) is 13.0 Å². The van der Waals surface area contributed by atoms with E-state index in [2.05, 4.69) is 20.2 Å². The summed E-state index contributed by atoms with van der Waals surface area (Å²) in [5, 5.41) is 3.66. The predicted molar refractivity (Wildman–Crippen MR) is 95.7 cm³/mol. The first-order valence-electron chi connectivity index (χ1n) is 8.28. The lowest BCUT2D eigenvalue weighted by atomic mass is 10.0. The van der Waals surface area contributed by atoms with Crippen molar-refractivity contribution in [2.75, 3.05) is 32.8 Å². The monoisotopic (exact) mass is 360 g/mol. The number of rotatable bonds is 5. The largest absolute Gasteiger partial charge is 0.379 e. The Bertz CT molecular complexity index is 717. The van der Waals surface area contributed by atoms with E-state index >= 15 is 0 Å². The van der Waals surface area contributed by atoms with E-state index in [1.54, 1.807) is 6.20 Å². The second-order valence-electron chi connectivity index (χ2n) is 5.94. The first-order valence-corrected chi connectivity index (χ1v) is 8.66. The van der Waals surface area contributed by atoms with E-state index in [4.69, 9.17) is 16.3 Å². The molecule has 1 N–H and O–H groups in total. The predicted octanol–water partition coefficient (Wildman–Crippen LogP) is 2.24. The highest BCUT2D eigenvalue weighted by atomic mass is 35.5. The third-order valence-electron chi connectivity index (χ3n) is 4.22. The van der Waals surface area contributed by atoms with E-state index in [9.17, 15) is 4.79 Å². The van der Waals surface area contributed by atoms with Crippen LogP contribution in [0.1, 0.15) is 27.8 Å². The van der Waals surface area contributed by atoms with Gasteiger partial charge in [0.25, 0.3) is 5.91 Å². The van der Waals surface area contributed by atoms with Crippen molar-refractivity contribution in [3.05, 3.63) is 58.6 Å². The number of halogens is 1. The number of hydrogen-bond donors (Lipinski definition) is 1. The molecule has 1 fully saturated rings. The highest BCUT2D eigenvalue weighted by Gasteiger charge is 2.25. The number of amides is 1. The number of aromatic nitrogens is 2. The quantitative estimate of drug-likeness (QED) is 0.885. The lowest BCUT2D eigenvalue weighted by Gasteiger charge is -2.35. The van der Waals surface area contributed by atoms with Crippen LogP contribution in [0.25, 0.3) is 0 Å². The summed E-state index contributed by atoms with van der Waals surface area (Å²) in [7, 11) is 0. The Balaban J connectivity index is 1.74. The van der Waals surface area contributed by atoms with Gasteiger partial charge in [-0.15, -0.1) is 0 Å². The average Bonchev–Trinajstić information content (AvgIpc) is 2.64. The van der Waals surface area contributed by atoms with Crippen LogP contribution >= 0.6 is 11.6 Å². The van der Waals surface area contributed by atoms with E-state index in [0.717, 1.165) is 24.3 Å². The second-order valence-corrected chi connectivity index (χ2v) is 6.35. The molecule has 1 amide bonds. The van der Waals surface area contributed by atoms with Crippen LogP contribution in [0.2, 0.25) is 5.02 Å². The molecule has 1 saturated heterocycles. The average molecular weight is 361 g/mol. The molecule has 7 heteroatoms. The lowest BCUT2D eigenvalue weighted by molar-refractivity contribution is 0.0162. The van der Waals surface area contributed by atoms with Crippen molar-refractivity contribution in [1.82, 2.24) is 20.2 Å². The fourth-order valence-corrected chi connectivity index (χ4v) is 3.12. The number of carbonyl (C=O) groups excluding carboxylic acids is 1. The van der Waals surface area contributed by atoms with Crippen LogP contribution < -0.4 is 5.32 Å². The van der Waals surface area contributed by atoms with Crippen molar-refractivity contribution >= 4 is 17.5 Å². The Labute approximate surface area is 152 Å². The maximum absolute atomic E-state index is 12.4. The number of nitrogens with zero attached hydrogens (tertiary/aromatic N) is 3. The zero-order valence-corrected chi connectivity index (χ0v) is 14.9. The minimum absolute atomic E-state index is 0.0139. The number of hydrogen-bond acceptors (Lipinski definition) is 5. The van der Waals surface area contributed by atoms with Gasteiger partial charge < -0.3 is 10.1 Å². The summed E-state index contributed by atoms with van der Waals surface area (Å²) in [5.41, 5.74) is 2.09. The number of carbonyl (C=O) groups is 1. The van der Waals surface area contributed by atoms with Crippen molar-refractivity contribution in [3.8, 4) is 0 Å². The molecule has 0 aliphatic carbocycles. The first kappa shape index (κ1) is 17.8. The van der Waals surface area contributed by atoms with Gasteiger partial charge in [0.2, 0.25) is 0 Å². The van der Waals surface area contributed by atoms with E-state index in [1.165, 1.54) is 6.20 Å². The van der Waals surface area contributed by atoms with Crippen molar-refractivity contribution < 1.29 is 9.53 Å². The third-order valence-corrected chi connectivity index (χ3v) is 4.56. The summed E-state index contributed by atoms with van der Waals surface area (Å²) in [6, 6.07) is 7.72. The summed E-state index contributed by atoms with van der Waals surface area (Å²) in [6.07, 6.45) is 3.08. The Hall–Kier alpha value is -2.02. The van der Waals surface area contributed by atoms with Gasteiger partial charge in [0.05, 0.1) is 31.1 Å². The number of morpholine rings is 1. The molecular weight excluding hydrogens is 340 g/mol. The van der Waals surface area contributed by atoms with Crippen LogP contribution in [0.3, 0.4) is 0 Å². The van der Waals surface area contributed by atoms with E-state index in [1.807, 2.05) is 31.2 Å². The Morgan fingerprint density at radius 1 is 1.28 bits per heavy atom. The SMILES string of the molecule is Cc1cnc(C(=O)NC[C@H](c2ccccc2Cl)N2CCOCC2)cn1. The van der Waals surface area contributed by atoms with Crippen LogP contribution in [0, 0.1) is 6.92 Å². The molecule has 1 aromatic carbocycles. The van der Waals surface area contributed by atoms with Crippen molar-refractivity contribution in [3.63, 3.8) is 0 Å². The first-order chi connectivity index (χ1) is 12.1. The fraction of sp³-hybridized carbons (Fsp3) is 0.389. The maximum atomic E-state index is 12.4. The van der Waals surface area contributed by atoms with Gasteiger partial charge in [-0.3, -0.25) is 14.7 Å². The minimum Gasteiger partial charge on any atom is -0.379 e. The van der Waals surface area contributed by atoms with Crippen LogP contribution in [-0.4, -0.2) is 53.6 Å². The summed E-state index contributed by atoms with van der Waals surface area (Å²) >= 11 is 6.39. The smallest absolute Gasteiger partial charge is 0.271 e. The highest BCUT2D eigenvalue weighted by molar-refractivity contribution is 6.31. The van der Waals surface area contributed by atoms with E-state index in [-0.39, 0.29) is 11.9 Å². The number of nitrogens with one attached hydrogen (secondary N) is 1. The van der Waals surface area contributed by atoms with E-state index in [0.29, 0.717) is 30.5 Å². The molecule has 0 unspecified atom stereocenters. The molecule has 1 aliphatic rings. The number of benzene rings is 1. The molecule has 1 atom stereocenters. The molecule has 2 aromatic rings. The Kier molecular flexibility index (Phi) is 5.96. The normalized spacial score (nSPS) is 16.4. The summed E-state index contributed by atoms with van der Waals surface area (Å²) in [6.45, 7) is 5.24. The Morgan fingerprint density at radius 2 is 2.04 bits per heavy atom. The van der Waals surface area contributed by atoms with Crippen molar-refractivity contribution in [1.29, 1.82) is 0 Å². The van der Waals surface area contributed by atoms with Crippen LogP contribution in [-0.2, 0) is 4.74 Å². The summed E-state index contributed by atoms with van der Waals surface area (Å²) < 4.78 is 5.44. The number of ether oxygens (including phenoxy) is 1. The fourth-order valence-electron chi connectivity index (χ4n) is 2.86. The van der Waals surface area contributed by atoms with Gasteiger partial charge in [-0.25, -0.2) is 4.98 Å². The molecule has 0 spiro atoms. The van der Waals surface area contributed by atoms with Gasteiger partial charge in [-0.1, -0.05) is 29.8 Å². The van der Waals surface area contributed by atoms with Gasteiger partial charge in [0, 0.05) is 30.9 Å². The maximum Gasteiger partial charge on any atom is 0.271 e. The number of aryl methyl sites for hydroxylation is 1. The molecule has 3 rings (SSSR count). The van der Waals surface area contributed by atoms with Crippen LogP contribution in [0.5, 0.6) is 0 Å². The molecule has 0 saturated carbocycles. The molecule has 1 aromatic heterocycles. The van der Waals surface area contributed by atoms with Crippen LogP contribution in [0.4, 0.5) is 0 Å². The van der Waals surface area contributed by atoms with Crippen molar-refractivity contribution in [2.24, 2.45) is 0 Å². The minimum atomic E-state index is -0.238.